The summed E-state index contributed by atoms with van der Waals surface area (Å²) >= 11 is 0. The smallest absolute Gasteiger partial charge is 0.264 e. The van der Waals surface area contributed by atoms with E-state index < -0.39 is 11.5 Å². The number of anilines is 1. The predicted molar refractivity (Wildman–Crippen MR) is 107 cm³/mol. The van der Waals surface area contributed by atoms with Gasteiger partial charge in [0, 0.05) is 11.6 Å². The van der Waals surface area contributed by atoms with E-state index >= 15 is 0 Å². The number of para-hydroxylation sites is 1. The summed E-state index contributed by atoms with van der Waals surface area (Å²) in [6.45, 7) is 3.77. The van der Waals surface area contributed by atoms with Crippen LogP contribution in [0.4, 0.5) is 5.69 Å². The molecule has 138 valence electrons. The molecule has 0 fully saturated rings. The lowest BCUT2D eigenvalue weighted by molar-refractivity contribution is -0.140. The van der Waals surface area contributed by atoms with Crippen LogP contribution in [0.5, 0.6) is 0 Å². The van der Waals surface area contributed by atoms with Crippen molar-refractivity contribution in [1.29, 1.82) is 0 Å². The first kappa shape index (κ1) is 18.8. The molecule has 0 saturated heterocycles. The molecule has 3 rings (SSSR count). The van der Waals surface area contributed by atoms with Crippen LogP contribution in [-0.4, -0.2) is 22.8 Å². The molecular weight excluding hydrogens is 338 g/mol. The van der Waals surface area contributed by atoms with Crippen LogP contribution in [0, 0.1) is 0 Å². The number of carbonyl (C=O) groups excluding carboxylic acids is 2. The van der Waals surface area contributed by atoms with Crippen LogP contribution in [0.2, 0.25) is 0 Å². The second kappa shape index (κ2) is 7.72. The number of fused-ring (bicyclic) bond motifs is 1. The summed E-state index contributed by atoms with van der Waals surface area (Å²) in [5.74, 6) is -0.746. The minimum atomic E-state index is -1.81. The van der Waals surface area contributed by atoms with Crippen LogP contribution in [-0.2, 0) is 15.2 Å². The van der Waals surface area contributed by atoms with Crippen molar-refractivity contribution < 1.29 is 14.7 Å². The number of rotatable bonds is 6. The van der Waals surface area contributed by atoms with Gasteiger partial charge in [-0.15, -0.1) is 0 Å². The number of aliphatic hydroxyl groups is 1. The Balaban J connectivity index is 1.76. The van der Waals surface area contributed by atoms with Gasteiger partial charge in [0.05, 0.1) is 12.1 Å². The molecule has 4 nitrogen and oxygen atoms in total. The third kappa shape index (κ3) is 3.76. The van der Waals surface area contributed by atoms with Crippen molar-refractivity contribution in [3.8, 4) is 0 Å². The van der Waals surface area contributed by atoms with Crippen molar-refractivity contribution in [2.24, 2.45) is 0 Å². The molecule has 1 atom stereocenters. The highest BCUT2D eigenvalue weighted by atomic mass is 16.3. The van der Waals surface area contributed by atoms with Crippen molar-refractivity contribution >= 4 is 23.5 Å². The molecule has 0 aromatic heterocycles. The first-order chi connectivity index (χ1) is 12.9. The maximum absolute atomic E-state index is 12.9. The Labute approximate surface area is 159 Å². The maximum atomic E-state index is 12.9. The monoisotopic (exact) mass is 361 g/mol. The number of allylic oxidation sites excluding steroid dienone is 3. The molecule has 1 amide bonds. The first-order valence-corrected chi connectivity index (χ1v) is 9.01. The van der Waals surface area contributed by atoms with E-state index in [-0.39, 0.29) is 18.2 Å². The summed E-state index contributed by atoms with van der Waals surface area (Å²) in [7, 11) is 0. The molecule has 0 bridgehead atoms. The molecule has 2 aromatic carbocycles. The zero-order valence-corrected chi connectivity index (χ0v) is 15.5. The topological polar surface area (TPSA) is 57.6 Å². The summed E-state index contributed by atoms with van der Waals surface area (Å²) in [5.41, 5.74) is 0.373. The van der Waals surface area contributed by atoms with Crippen molar-refractivity contribution in [1.82, 2.24) is 0 Å². The Bertz CT molecular complexity index is 899. The molecule has 1 aliphatic heterocycles. The number of hydrogen-bond acceptors (Lipinski definition) is 3. The SMILES string of the molecule is CC(C)N1C(=O)C(O)(CC(=O)/C=C/C=C/c2ccccc2)c2ccccc21. The highest BCUT2D eigenvalue weighted by Gasteiger charge is 2.51. The van der Waals surface area contributed by atoms with Crippen molar-refractivity contribution in [2.45, 2.75) is 31.9 Å². The summed E-state index contributed by atoms with van der Waals surface area (Å²) in [6.07, 6.45) is 6.40. The van der Waals surface area contributed by atoms with Crippen molar-refractivity contribution in [2.75, 3.05) is 4.90 Å². The van der Waals surface area contributed by atoms with Crippen LogP contribution in [0.3, 0.4) is 0 Å². The van der Waals surface area contributed by atoms with E-state index in [1.165, 1.54) is 6.08 Å². The first-order valence-electron chi connectivity index (χ1n) is 9.01. The Kier molecular flexibility index (Phi) is 5.38. The Morgan fingerprint density at radius 1 is 1.07 bits per heavy atom. The van der Waals surface area contributed by atoms with Gasteiger partial charge in [-0.2, -0.15) is 0 Å². The van der Waals surface area contributed by atoms with Gasteiger partial charge in [-0.1, -0.05) is 66.8 Å². The fraction of sp³-hybridized carbons (Fsp3) is 0.217. The molecule has 0 radical (unpaired) electrons. The lowest BCUT2D eigenvalue weighted by atomic mass is 9.90. The highest BCUT2D eigenvalue weighted by molar-refractivity contribution is 6.10. The van der Waals surface area contributed by atoms with E-state index in [2.05, 4.69) is 0 Å². The average Bonchev–Trinajstić information content (AvgIpc) is 2.87. The van der Waals surface area contributed by atoms with Crippen LogP contribution in [0.25, 0.3) is 6.08 Å². The molecule has 27 heavy (non-hydrogen) atoms. The molecule has 1 N–H and O–H groups in total. The average molecular weight is 361 g/mol. The molecular formula is C23H23NO3. The fourth-order valence-corrected chi connectivity index (χ4v) is 3.35. The van der Waals surface area contributed by atoms with Gasteiger partial charge in [-0.25, -0.2) is 0 Å². The lowest BCUT2D eigenvalue weighted by Crippen LogP contribution is -2.44. The molecule has 4 heteroatoms. The van der Waals surface area contributed by atoms with Gasteiger partial charge in [-0.3, -0.25) is 9.59 Å². The van der Waals surface area contributed by atoms with Gasteiger partial charge in [-0.05, 0) is 31.6 Å². The lowest BCUT2D eigenvalue weighted by Gasteiger charge is -2.25. The number of benzene rings is 2. The van der Waals surface area contributed by atoms with E-state index in [1.54, 1.807) is 35.3 Å². The molecule has 2 aromatic rings. The Hall–Kier alpha value is -2.98. The van der Waals surface area contributed by atoms with Gasteiger partial charge in [0.15, 0.2) is 11.4 Å². The second-order valence-corrected chi connectivity index (χ2v) is 6.92. The summed E-state index contributed by atoms with van der Waals surface area (Å²) in [6, 6.07) is 16.7. The van der Waals surface area contributed by atoms with E-state index in [0.717, 1.165) is 5.56 Å². The second-order valence-electron chi connectivity index (χ2n) is 6.92. The number of nitrogens with zero attached hydrogens (tertiary/aromatic N) is 1. The molecule has 1 unspecified atom stereocenters. The molecule has 1 aliphatic rings. The number of amides is 1. The largest absolute Gasteiger partial charge is 0.375 e. The zero-order valence-electron chi connectivity index (χ0n) is 15.5. The molecule has 0 aliphatic carbocycles. The molecule has 1 heterocycles. The van der Waals surface area contributed by atoms with Gasteiger partial charge in [0.25, 0.3) is 5.91 Å². The van der Waals surface area contributed by atoms with Gasteiger partial charge in [0.2, 0.25) is 0 Å². The van der Waals surface area contributed by atoms with Crippen LogP contribution in [0.15, 0.2) is 72.8 Å². The number of ketones is 1. The Morgan fingerprint density at radius 3 is 2.44 bits per heavy atom. The standard InChI is InChI=1S/C23H23NO3/c1-17(2)24-21-15-9-8-14-20(21)23(27,22(24)26)16-19(25)13-7-6-12-18-10-4-3-5-11-18/h3-15,17,27H,16H2,1-2H3/b12-6+,13-7+. The quantitative estimate of drug-likeness (QED) is 0.628. The minimum Gasteiger partial charge on any atom is -0.375 e. The number of carbonyl (C=O) groups is 2. The maximum Gasteiger partial charge on any atom is 0.264 e. The summed E-state index contributed by atoms with van der Waals surface area (Å²) in [5, 5.41) is 11.1. The van der Waals surface area contributed by atoms with Crippen LogP contribution in [0.1, 0.15) is 31.4 Å². The normalized spacial score (nSPS) is 19.4. The van der Waals surface area contributed by atoms with Crippen molar-refractivity contribution in [3.05, 3.63) is 84.0 Å². The predicted octanol–water partition coefficient (Wildman–Crippen LogP) is 3.86. The van der Waals surface area contributed by atoms with E-state index in [4.69, 9.17) is 0 Å². The van der Waals surface area contributed by atoms with E-state index in [0.29, 0.717) is 11.3 Å². The highest BCUT2D eigenvalue weighted by Crippen LogP contribution is 2.43. The van der Waals surface area contributed by atoms with Gasteiger partial charge in [0.1, 0.15) is 0 Å². The van der Waals surface area contributed by atoms with Crippen LogP contribution < -0.4 is 4.90 Å². The van der Waals surface area contributed by atoms with Gasteiger partial charge >= 0.3 is 0 Å². The minimum absolute atomic E-state index is 0.105. The molecule has 0 saturated carbocycles. The van der Waals surface area contributed by atoms with Crippen molar-refractivity contribution in [3.63, 3.8) is 0 Å². The summed E-state index contributed by atoms with van der Waals surface area (Å²) < 4.78 is 0. The number of hydrogen-bond donors (Lipinski definition) is 1. The zero-order chi connectivity index (χ0) is 19.4. The summed E-state index contributed by atoms with van der Waals surface area (Å²) in [4.78, 5) is 26.8. The fourth-order valence-electron chi connectivity index (χ4n) is 3.35. The third-order valence-electron chi connectivity index (χ3n) is 4.61. The van der Waals surface area contributed by atoms with Crippen LogP contribution >= 0.6 is 0 Å². The Morgan fingerprint density at radius 2 is 1.74 bits per heavy atom. The third-order valence-corrected chi connectivity index (χ3v) is 4.61. The van der Waals surface area contributed by atoms with Gasteiger partial charge < -0.3 is 10.0 Å². The van der Waals surface area contributed by atoms with E-state index in [9.17, 15) is 14.7 Å². The van der Waals surface area contributed by atoms with E-state index in [1.807, 2.05) is 56.3 Å². The molecule has 0 spiro atoms.